The van der Waals surface area contributed by atoms with E-state index in [-0.39, 0.29) is 5.56 Å². The molecule has 24 heavy (non-hydrogen) atoms. The van der Waals surface area contributed by atoms with Crippen molar-refractivity contribution >= 4 is 22.3 Å². The first-order valence-corrected chi connectivity index (χ1v) is 8.01. The highest BCUT2D eigenvalue weighted by molar-refractivity contribution is 5.96. The summed E-state index contributed by atoms with van der Waals surface area (Å²) in [4.78, 5) is 23.4. The Kier molecular flexibility index (Phi) is 4.25. The molecule has 0 bridgehead atoms. The number of nitrogens with one attached hydrogen (secondary N) is 1. The predicted octanol–water partition coefficient (Wildman–Crippen LogP) is 3.11. The van der Waals surface area contributed by atoms with Gasteiger partial charge in [-0.3, -0.25) is 4.79 Å². The molecule has 124 valence electrons. The first-order chi connectivity index (χ1) is 11.5. The monoisotopic (exact) mass is 322 g/mol. The smallest absolute Gasteiger partial charge is 0.257 e. The summed E-state index contributed by atoms with van der Waals surface area (Å²) in [5, 5.41) is 1.52. The summed E-state index contributed by atoms with van der Waals surface area (Å²) in [6.45, 7) is 3.08. The number of hydrogen-bond acceptors (Lipinski definition) is 4. The van der Waals surface area contributed by atoms with Crippen LogP contribution in [0.4, 0.5) is 11.5 Å². The Bertz CT molecular complexity index is 913. The number of benzene rings is 1. The van der Waals surface area contributed by atoms with Crippen molar-refractivity contribution in [2.75, 3.05) is 37.5 Å². The fourth-order valence-electron chi connectivity index (χ4n) is 2.70. The summed E-state index contributed by atoms with van der Waals surface area (Å²) in [7, 11) is 5.95. The van der Waals surface area contributed by atoms with E-state index in [9.17, 15) is 4.79 Å². The third-order valence-corrected chi connectivity index (χ3v) is 4.32. The summed E-state index contributed by atoms with van der Waals surface area (Å²) < 4.78 is 0. The van der Waals surface area contributed by atoms with Crippen LogP contribution in [-0.4, -0.2) is 37.7 Å². The van der Waals surface area contributed by atoms with Crippen molar-refractivity contribution in [3.8, 4) is 11.1 Å². The molecule has 0 aliphatic carbocycles. The summed E-state index contributed by atoms with van der Waals surface area (Å²) in [5.41, 5.74) is 3.13. The lowest BCUT2D eigenvalue weighted by Gasteiger charge is -2.17. The third kappa shape index (κ3) is 2.85. The molecule has 3 aromatic rings. The van der Waals surface area contributed by atoms with E-state index in [2.05, 4.69) is 53.1 Å². The molecular weight excluding hydrogens is 300 g/mol. The zero-order valence-electron chi connectivity index (χ0n) is 14.5. The van der Waals surface area contributed by atoms with Crippen molar-refractivity contribution in [3.05, 3.63) is 53.1 Å². The largest absolute Gasteiger partial charge is 0.375 e. The highest BCUT2D eigenvalue weighted by atomic mass is 16.1. The second-order valence-corrected chi connectivity index (χ2v) is 6.08. The van der Waals surface area contributed by atoms with Crippen molar-refractivity contribution in [2.45, 2.75) is 6.92 Å². The standard InChI is InChI=1S/C19H22N4O/c1-5-23(4)14-8-6-13(7-9-14)16-11-21-19(24)17-12-20-18(22(2)3)10-15(16)17/h6-12H,5H2,1-4H3,(H,21,24). The van der Waals surface area contributed by atoms with Crippen LogP contribution in [0.1, 0.15) is 6.92 Å². The first kappa shape index (κ1) is 16.1. The molecule has 0 saturated carbocycles. The number of fused-ring (bicyclic) bond motifs is 1. The number of hydrogen-bond donors (Lipinski definition) is 1. The van der Waals surface area contributed by atoms with Crippen molar-refractivity contribution in [3.63, 3.8) is 0 Å². The van der Waals surface area contributed by atoms with Gasteiger partial charge in [-0.2, -0.15) is 0 Å². The fraction of sp³-hybridized carbons (Fsp3) is 0.263. The lowest BCUT2D eigenvalue weighted by molar-refractivity contribution is 0.968. The van der Waals surface area contributed by atoms with Crippen LogP contribution in [0.2, 0.25) is 0 Å². The minimum Gasteiger partial charge on any atom is -0.375 e. The quantitative estimate of drug-likeness (QED) is 0.802. The second kappa shape index (κ2) is 6.35. The van der Waals surface area contributed by atoms with E-state index in [0.29, 0.717) is 5.39 Å². The molecule has 0 aliphatic heterocycles. The molecule has 1 N–H and O–H groups in total. The summed E-state index contributed by atoms with van der Waals surface area (Å²) >= 11 is 0. The molecule has 0 spiro atoms. The maximum atomic E-state index is 12.1. The molecule has 0 radical (unpaired) electrons. The van der Waals surface area contributed by atoms with E-state index in [1.165, 1.54) is 5.69 Å². The number of aromatic amines is 1. The Balaban J connectivity index is 2.16. The summed E-state index contributed by atoms with van der Waals surface area (Å²) in [5.74, 6) is 0.830. The van der Waals surface area contributed by atoms with Crippen LogP contribution >= 0.6 is 0 Å². The number of rotatable bonds is 4. The molecule has 0 saturated heterocycles. The molecule has 2 heterocycles. The van der Waals surface area contributed by atoms with Crippen LogP contribution in [0.25, 0.3) is 21.9 Å². The van der Waals surface area contributed by atoms with E-state index in [4.69, 9.17) is 0 Å². The molecule has 0 fully saturated rings. The summed E-state index contributed by atoms with van der Waals surface area (Å²) in [6, 6.07) is 10.3. The minimum absolute atomic E-state index is 0.117. The molecule has 0 unspecified atom stereocenters. The van der Waals surface area contributed by atoms with Crippen molar-refractivity contribution in [1.82, 2.24) is 9.97 Å². The third-order valence-electron chi connectivity index (χ3n) is 4.32. The normalized spacial score (nSPS) is 10.8. The highest BCUT2D eigenvalue weighted by Crippen LogP contribution is 2.29. The van der Waals surface area contributed by atoms with Gasteiger partial charge >= 0.3 is 0 Å². The van der Waals surface area contributed by atoms with Gasteiger partial charge < -0.3 is 14.8 Å². The number of anilines is 2. The number of aromatic nitrogens is 2. The van der Waals surface area contributed by atoms with Crippen molar-refractivity contribution in [1.29, 1.82) is 0 Å². The van der Waals surface area contributed by atoms with Crippen LogP contribution in [-0.2, 0) is 0 Å². The number of nitrogens with zero attached hydrogens (tertiary/aromatic N) is 3. The molecule has 0 atom stereocenters. The zero-order valence-corrected chi connectivity index (χ0v) is 14.5. The lowest BCUT2D eigenvalue weighted by atomic mass is 10.0. The van der Waals surface area contributed by atoms with Gasteiger partial charge in [0, 0.05) is 56.7 Å². The van der Waals surface area contributed by atoms with E-state index >= 15 is 0 Å². The average Bonchev–Trinajstić information content (AvgIpc) is 2.61. The molecule has 2 aromatic heterocycles. The van der Waals surface area contributed by atoms with Gasteiger partial charge in [-0.15, -0.1) is 0 Å². The SMILES string of the molecule is CCN(C)c1ccc(-c2c[nH]c(=O)c3cnc(N(C)C)cc23)cc1. The zero-order chi connectivity index (χ0) is 17.3. The Morgan fingerprint density at radius 3 is 2.42 bits per heavy atom. The summed E-state index contributed by atoms with van der Waals surface area (Å²) in [6.07, 6.45) is 3.43. The van der Waals surface area contributed by atoms with Gasteiger partial charge in [0.15, 0.2) is 0 Å². The molecule has 1 aromatic carbocycles. The topological polar surface area (TPSA) is 52.2 Å². The van der Waals surface area contributed by atoms with Crippen molar-refractivity contribution in [2.24, 2.45) is 0 Å². The predicted molar refractivity (Wildman–Crippen MR) is 101 cm³/mol. The van der Waals surface area contributed by atoms with Gasteiger partial charge in [0.1, 0.15) is 5.82 Å². The lowest BCUT2D eigenvalue weighted by Crippen LogP contribution is -2.15. The van der Waals surface area contributed by atoms with E-state index in [1.807, 2.05) is 25.1 Å². The van der Waals surface area contributed by atoms with Crippen LogP contribution in [0.3, 0.4) is 0 Å². The second-order valence-electron chi connectivity index (χ2n) is 6.08. The fourth-order valence-corrected chi connectivity index (χ4v) is 2.70. The highest BCUT2D eigenvalue weighted by Gasteiger charge is 2.10. The van der Waals surface area contributed by atoms with Crippen molar-refractivity contribution < 1.29 is 0 Å². The van der Waals surface area contributed by atoms with Gasteiger partial charge in [0.2, 0.25) is 0 Å². The molecule has 5 heteroatoms. The number of pyridine rings is 2. The average molecular weight is 322 g/mol. The molecule has 5 nitrogen and oxygen atoms in total. The van der Waals surface area contributed by atoms with Gasteiger partial charge in [0.25, 0.3) is 5.56 Å². The van der Waals surface area contributed by atoms with E-state index < -0.39 is 0 Å². The molecule has 0 amide bonds. The number of H-pyrrole nitrogens is 1. The maximum Gasteiger partial charge on any atom is 0.257 e. The van der Waals surface area contributed by atoms with Crippen LogP contribution in [0, 0.1) is 0 Å². The Morgan fingerprint density at radius 1 is 1.08 bits per heavy atom. The Hall–Kier alpha value is -2.82. The van der Waals surface area contributed by atoms with Gasteiger partial charge in [-0.1, -0.05) is 12.1 Å². The van der Waals surface area contributed by atoms with Gasteiger partial charge in [0.05, 0.1) is 5.39 Å². The van der Waals surface area contributed by atoms with Gasteiger partial charge in [-0.05, 0) is 30.7 Å². The van der Waals surface area contributed by atoms with Gasteiger partial charge in [-0.25, -0.2) is 4.98 Å². The first-order valence-electron chi connectivity index (χ1n) is 8.01. The van der Waals surface area contributed by atoms with E-state index in [1.54, 1.807) is 12.4 Å². The Labute approximate surface area is 141 Å². The minimum atomic E-state index is -0.117. The molecule has 0 aliphatic rings. The maximum absolute atomic E-state index is 12.1. The molecule has 3 rings (SSSR count). The van der Waals surface area contributed by atoms with Crippen LogP contribution in [0.5, 0.6) is 0 Å². The van der Waals surface area contributed by atoms with Crippen LogP contribution in [0.15, 0.2) is 47.5 Å². The van der Waals surface area contributed by atoms with E-state index in [0.717, 1.165) is 28.9 Å². The van der Waals surface area contributed by atoms with Crippen LogP contribution < -0.4 is 15.4 Å². The Morgan fingerprint density at radius 2 is 1.79 bits per heavy atom. The molecular formula is C19H22N4O.